The molecule has 0 radical (unpaired) electrons. The van der Waals surface area contributed by atoms with Crippen LogP contribution in [0.3, 0.4) is 0 Å². The van der Waals surface area contributed by atoms with Gasteiger partial charge in [0.15, 0.2) is 0 Å². The van der Waals surface area contributed by atoms with Gasteiger partial charge < -0.3 is 19.8 Å². The average Bonchev–Trinajstić information content (AvgIpc) is 2.49. The van der Waals surface area contributed by atoms with E-state index in [9.17, 15) is 4.79 Å². The minimum absolute atomic E-state index is 0.0528. The van der Waals surface area contributed by atoms with E-state index >= 15 is 0 Å². The highest BCUT2D eigenvalue weighted by Gasteiger charge is 2.50. The molecule has 0 bridgehead atoms. The Labute approximate surface area is 121 Å². The van der Waals surface area contributed by atoms with Crippen molar-refractivity contribution in [2.75, 3.05) is 0 Å². The second kappa shape index (κ2) is 5.41. The molecule has 2 aliphatic rings. The fourth-order valence-corrected chi connectivity index (χ4v) is 2.56. The second-order valence-corrected chi connectivity index (χ2v) is 6.59. The molecule has 0 spiro atoms. The van der Waals surface area contributed by atoms with Gasteiger partial charge in [0, 0.05) is 0 Å². The first-order valence-electron chi connectivity index (χ1n) is 7.21. The van der Waals surface area contributed by atoms with E-state index < -0.39 is 6.09 Å². The lowest BCUT2D eigenvalue weighted by Gasteiger charge is -2.32. The predicted octanol–water partition coefficient (Wildman–Crippen LogP) is 2.58. The van der Waals surface area contributed by atoms with Crippen LogP contribution in [0.25, 0.3) is 0 Å². The smallest absolute Gasteiger partial charge is 0.446 e. The molecule has 1 saturated carbocycles. The van der Waals surface area contributed by atoms with Crippen molar-refractivity contribution >= 4 is 13.2 Å². The molecule has 0 aromatic heterocycles. The SMILES string of the molecule is CC1(C)OB(C=C2CCC(OC(N)=O)CC2)OC1(C)C. The summed E-state index contributed by atoms with van der Waals surface area (Å²) in [4.78, 5) is 10.7. The topological polar surface area (TPSA) is 70.8 Å². The Kier molecular flexibility index (Phi) is 4.16. The number of amides is 1. The van der Waals surface area contributed by atoms with Gasteiger partial charge >= 0.3 is 13.2 Å². The van der Waals surface area contributed by atoms with E-state index in [1.54, 1.807) is 0 Å². The third-order valence-corrected chi connectivity index (χ3v) is 4.50. The summed E-state index contributed by atoms with van der Waals surface area (Å²) in [6.45, 7) is 8.18. The highest BCUT2D eigenvalue weighted by molar-refractivity contribution is 6.51. The lowest BCUT2D eigenvalue weighted by Crippen LogP contribution is -2.41. The summed E-state index contributed by atoms with van der Waals surface area (Å²) in [5.74, 6) is 2.07. The number of carbonyl (C=O) groups is 1. The summed E-state index contributed by atoms with van der Waals surface area (Å²) in [5, 5.41) is 0. The lowest BCUT2D eigenvalue weighted by atomic mass is 9.81. The third kappa shape index (κ3) is 3.36. The monoisotopic (exact) mass is 281 g/mol. The number of hydrogen-bond donors (Lipinski definition) is 1. The van der Waals surface area contributed by atoms with Crippen LogP contribution in [0.5, 0.6) is 0 Å². The first kappa shape index (κ1) is 15.4. The normalized spacial score (nSPS) is 28.3. The minimum Gasteiger partial charge on any atom is -0.446 e. The largest absolute Gasteiger partial charge is 0.487 e. The molecule has 20 heavy (non-hydrogen) atoms. The average molecular weight is 281 g/mol. The fourth-order valence-electron chi connectivity index (χ4n) is 2.56. The molecule has 1 aliphatic carbocycles. The van der Waals surface area contributed by atoms with Crippen LogP contribution in [0.1, 0.15) is 53.4 Å². The summed E-state index contributed by atoms with van der Waals surface area (Å²) in [6, 6.07) is 0. The number of rotatable bonds is 2. The maximum Gasteiger partial charge on any atom is 0.487 e. The molecular weight excluding hydrogens is 257 g/mol. The first-order chi connectivity index (χ1) is 9.19. The molecule has 2 rings (SSSR count). The molecule has 2 N–H and O–H groups in total. The highest BCUT2D eigenvalue weighted by atomic mass is 16.7. The summed E-state index contributed by atoms with van der Waals surface area (Å²) in [5.41, 5.74) is 5.72. The third-order valence-electron chi connectivity index (χ3n) is 4.50. The van der Waals surface area contributed by atoms with Crippen LogP contribution in [-0.2, 0) is 14.0 Å². The van der Waals surface area contributed by atoms with Crippen molar-refractivity contribution in [3.63, 3.8) is 0 Å². The van der Waals surface area contributed by atoms with Gasteiger partial charge in [-0.05, 0) is 53.4 Å². The Bertz CT molecular complexity index is 393. The molecule has 0 atom stereocenters. The van der Waals surface area contributed by atoms with Gasteiger partial charge in [0.2, 0.25) is 0 Å². The zero-order chi connectivity index (χ0) is 15.0. The van der Waals surface area contributed by atoms with Gasteiger partial charge in [0.25, 0.3) is 0 Å². The van der Waals surface area contributed by atoms with Crippen molar-refractivity contribution in [2.24, 2.45) is 5.73 Å². The van der Waals surface area contributed by atoms with E-state index in [4.69, 9.17) is 19.8 Å². The van der Waals surface area contributed by atoms with Crippen LogP contribution in [0, 0.1) is 0 Å². The number of ether oxygens (including phenoxy) is 1. The van der Waals surface area contributed by atoms with Crippen molar-refractivity contribution < 1.29 is 18.8 Å². The van der Waals surface area contributed by atoms with Crippen LogP contribution in [0.2, 0.25) is 0 Å². The van der Waals surface area contributed by atoms with Crippen LogP contribution in [-0.4, -0.2) is 30.5 Å². The van der Waals surface area contributed by atoms with Gasteiger partial charge in [-0.25, -0.2) is 4.79 Å². The van der Waals surface area contributed by atoms with Crippen molar-refractivity contribution in [1.82, 2.24) is 0 Å². The molecule has 1 heterocycles. The maximum absolute atomic E-state index is 10.7. The molecule has 1 amide bonds. The van der Waals surface area contributed by atoms with Gasteiger partial charge in [-0.3, -0.25) is 0 Å². The molecule has 0 aromatic rings. The van der Waals surface area contributed by atoms with Crippen molar-refractivity contribution in [3.8, 4) is 0 Å². The Hall–Kier alpha value is -1.01. The van der Waals surface area contributed by atoms with E-state index in [0.29, 0.717) is 0 Å². The molecule has 112 valence electrons. The zero-order valence-corrected chi connectivity index (χ0v) is 12.8. The second-order valence-electron chi connectivity index (χ2n) is 6.59. The van der Waals surface area contributed by atoms with Gasteiger partial charge in [0.1, 0.15) is 6.10 Å². The van der Waals surface area contributed by atoms with Crippen molar-refractivity contribution in [1.29, 1.82) is 0 Å². The maximum atomic E-state index is 10.7. The summed E-state index contributed by atoms with van der Waals surface area (Å²) < 4.78 is 16.9. The summed E-state index contributed by atoms with van der Waals surface area (Å²) >= 11 is 0. The molecule has 6 heteroatoms. The first-order valence-corrected chi connectivity index (χ1v) is 7.21. The van der Waals surface area contributed by atoms with Gasteiger partial charge in [0.05, 0.1) is 11.2 Å². The quantitative estimate of drug-likeness (QED) is 0.790. The zero-order valence-electron chi connectivity index (χ0n) is 12.8. The standard InChI is InChI=1S/C14H24BNO4/c1-13(2)14(3,4)20-15(19-13)9-10-5-7-11(8-6-10)18-12(16)17/h9,11H,5-8H2,1-4H3,(H2,16,17). The Balaban J connectivity index is 1.90. The van der Waals surface area contributed by atoms with Crippen LogP contribution in [0.4, 0.5) is 4.79 Å². The van der Waals surface area contributed by atoms with E-state index in [1.165, 1.54) is 5.57 Å². The molecule has 0 unspecified atom stereocenters. The van der Waals surface area contributed by atoms with Gasteiger partial charge in [-0.1, -0.05) is 11.5 Å². The minimum atomic E-state index is -0.687. The number of primary amides is 1. The van der Waals surface area contributed by atoms with E-state index in [-0.39, 0.29) is 24.4 Å². The van der Waals surface area contributed by atoms with Gasteiger partial charge in [-0.2, -0.15) is 0 Å². The summed E-state index contributed by atoms with van der Waals surface area (Å²) in [7, 11) is -0.288. The van der Waals surface area contributed by atoms with Crippen molar-refractivity contribution in [3.05, 3.63) is 11.5 Å². The molecule has 5 nitrogen and oxygen atoms in total. The fraction of sp³-hybridized carbons (Fsp3) is 0.786. The number of allylic oxidation sites excluding steroid dienone is 1. The van der Waals surface area contributed by atoms with Crippen molar-refractivity contribution in [2.45, 2.75) is 70.7 Å². The van der Waals surface area contributed by atoms with Gasteiger partial charge in [-0.15, -0.1) is 0 Å². The van der Waals surface area contributed by atoms with Crippen LogP contribution >= 0.6 is 0 Å². The van der Waals surface area contributed by atoms with Crippen LogP contribution < -0.4 is 5.73 Å². The Morgan fingerprint density at radius 2 is 1.75 bits per heavy atom. The lowest BCUT2D eigenvalue weighted by molar-refractivity contribution is 0.00578. The highest BCUT2D eigenvalue weighted by Crippen LogP contribution is 2.38. The number of carbonyl (C=O) groups excluding carboxylic acids is 1. The summed E-state index contributed by atoms with van der Waals surface area (Å²) in [6.07, 6.45) is 2.67. The Morgan fingerprint density at radius 3 is 2.20 bits per heavy atom. The Morgan fingerprint density at radius 1 is 1.25 bits per heavy atom. The molecule has 2 fully saturated rings. The predicted molar refractivity (Wildman–Crippen MR) is 77.1 cm³/mol. The number of hydrogen-bond acceptors (Lipinski definition) is 4. The molecule has 1 aliphatic heterocycles. The van der Waals surface area contributed by atoms with E-state index in [2.05, 4.69) is 5.98 Å². The number of nitrogens with two attached hydrogens (primary N) is 1. The molecular formula is C14H24BNO4. The van der Waals surface area contributed by atoms with Crippen LogP contribution in [0.15, 0.2) is 11.5 Å². The molecule has 0 aromatic carbocycles. The van der Waals surface area contributed by atoms with E-state index in [1.807, 2.05) is 27.7 Å². The molecule has 1 saturated heterocycles. The van der Waals surface area contributed by atoms with E-state index in [0.717, 1.165) is 25.7 Å².